The van der Waals surface area contributed by atoms with E-state index in [0.717, 1.165) is 25.4 Å². The van der Waals surface area contributed by atoms with Crippen molar-refractivity contribution in [3.8, 4) is 0 Å². The van der Waals surface area contributed by atoms with Crippen molar-refractivity contribution in [1.29, 1.82) is 0 Å². The molecule has 0 aliphatic carbocycles. The van der Waals surface area contributed by atoms with Crippen LogP contribution in [0.3, 0.4) is 0 Å². The molecule has 21 heavy (non-hydrogen) atoms. The number of nitrogens with one attached hydrogen (secondary N) is 1. The smallest absolute Gasteiger partial charge is 0.256 e. The lowest BCUT2D eigenvalue weighted by Crippen LogP contribution is -2.12. The zero-order chi connectivity index (χ0) is 14.8. The molecule has 104 valence electrons. The first-order valence-electron chi connectivity index (χ1n) is 6.40. The highest BCUT2D eigenvalue weighted by molar-refractivity contribution is 9.11. The van der Waals surface area contributed by atoms with Gasteiger partial charge in [-0.05, 0) is 45.6 Å². The summed E-state index contributed by atoms with van der Waals surface area (Å²) in [6.45, 7) is 0. The fourth-order valence-electron chi connectivity index (χ4n) is 2.21. The molecule has 0 aliphatic rings. The first kappa shape index (κ1) is 14.3. The minimum atomic E-state index is -0.130. The molecule has 0 bridgehead atoms. The number of fused-ring (bicyclic) bond motifs is 1. The van der Waals surface area contributed by atoms with Crippen molar-refractivity contribution >= 4 is 54.2 Å². The minimum Gasteiger partial charge on any atom is -0.321 e. The Labute approximate surface area is 139 Å². The zero-order valence-corrected chi connectivity index (χ0v) is 14.1. The monoisotopic (exact) mass is 403 g/mol. The second-order valence-corrected chi connectivity index (χ2v) is 6.28. The molecule has 0 atom stereocenters. The summed E-state index contributed by atoms with van der Waals surface area (Å²) in [5.41, 5.74) is 1.42. The molecule has 4 heteroatoms. The summed E-state index contributed by atoms with van der Waals surface area (Å²) in [6, 6.07) is 19.2. The van der Waals surface area contributed by atoms with Gasteiger partial charge in [-0.25, -0.2) is 0 Å². The van der Waals surface area contributed by atoms with E-state index in [9.17, 15) is 4.79 Å². The van der Waals surface area contributed by atoms with E-state index in [0.29, 0.717) is 5.56 Å². The predicted molar refractivity (Wildman–Crippen MR) is 93.7 cm³/mol. The lowest BCUT2D eigenvalue weighted by molar-refractivity contribution is 0.102. The van der Waals surface area contributed by atoms with Crippen LogP contribution < -0.4 is 5.32 Å². The van der Waals surface area contributed by atoms with Gasteiger partial charge in [0.2, 0.25) is 0 Å². The van der Waals surface area contributed by atoms with Crippen LogP contribution in [0, 0.1) is 0 Å². The van der Waals surface area contributed by atoms with Crippen LogP contribution in [0.2, 0.25) is 0 Å². The molecule has 0 aliphatic heterocycles. The molecule has 0 aromatic heterocycles. The maximum Gasteiger partial charge on any atom is 0.256 e. The van der Waals surface area contributed by atoms with Crippen molar-refractivity contribution in [2.24, 2.45) is 0 Å². The highest BCUT2D eigenvalue weighted by Gasteiger charge is 2.11. The molecule has 3 rings (SSSR count). The average molecular weight is 405 g/mol. The summed E-state index contributed by atoms with van der Waals surface area (Å²) in [5.74, 6) is -0.130. The number of rotatable bonds is 2. The third kappa shape index (κ3) is 2.87. The fraction of sp³-hybridized carbons (Fsp3) is 0. The maximum atomic E-state index is 12.4. The SMILES string of the molecule is O=C(Nc1ccc(Br)c2ccccc12)c1ccccc1Br. The van der Waals surface area contributed by atoms with Crippen LogP contribution in [-0.4, -0.2) is 5.91 Å². The van der Waals surface area contributed by atoms with Crippen LogP contribution in [0.1, 0.15) is 10.4 Å². The number of hydrogen-bond acceptors (Lipinski definition) is 1. The molecule has 0 unspecified atom stereocenters. The summed E-state index contributed by atoms with van der Waals surface area (Å²) in [6.07, 6.45) is 0. The first-order chi connectivity index (χ1) is 10.2. The van der Waals surface area contributed by atoms with Gasteiger partial charge in [-0.15, -0.1) is 0 Å². The highest BCUT2D eigenvalue weighted by atomic mass is 79.9. The lowest BCUT2D eigenvalue weighted by Gasteiger charge is -2.11. The third-order valence-corrected chi connectivity index (χ3v) is 4.62. The second kappa shape index (κ2) is 6.00. The molecule has 0 spiro atoms. The highest BCUT2D eigenvalue weighted by Crippen LogP contribution is 2.30. The Bertz CT molecular complexity index is 830. The normalized spacial score (nSPS) is 10.6. The van der Waals surface area contributed by atoms with E-state index >= 15 is 0 Å². The van der Waals surface area contributed by atoms with Crippen molar-refractivity contribution in [3.63, 3.8) is 0 Å². The number of carbonyl (C=O) groups is 1. The van der Waals surface area contributed by atoms with Crippen LogP contribution in [0.15, 0.2) is 69.6 Å². The minimum absolute atomic E-state index is 0.130. The van der Waals surface area contributed by atoms with Crippen LogP contribution >= 0.6 is 31.9 Å². The summed E-state index contributed by atoms with van der Waals surface area (Å²) < 4.78 is 1.79. The van der Waals surface area contributed by atoms with Gasteiger partial charge in [0.05, 0.1) is 5.56 Å². The first-order valence-corrected chi connectivity index (χ1v) is 7.98. The van der Waals surface area contributed by atoms with Gasteiger partial charge < -0.3 is 5.32 Å². The molecule has 3 aromatic carbocycles. The van der Waals surface area contributed by atoms with Crippen molar-refractivity contribution in [2.45, 2.75) is 0 Å². The molecule has 2 nitrogen and oxygen atoms in total. The fourth-order valence-corrected chi connectivity index (χ4v) is 3.15. The third-order valence-electron chi connectivity index (χ3n) is 3.24. The molecule has 0 fully saturated rings. The van der Waals surface area contributed by atoms with Crippen LogP contribution in [0.25, 0.3) is 10.8 Å². The predicted octanol–water partition coefficient (Wildman–Crippen LogP) is 5.62. The largest absolute Gasteiger partial charge is 0.321 e. The molecule has 3 aromatic rings. The van der Waals surface area contributed by atoms with Crippen molar-refractivity contribution in [1.82, 2.24) is 0 Å². The van der Waals surface area contributed by atoms with Gasteiger partial charge in [-0.1, -0.05) is 52.3 Å². The molecular formula is C17H11Br2NO. The van der Waals surface area contributed by atoms with Crippen LogP contribution in [0.4, 0.5) is 5.69 Å². The summed E-state index contributed by atoms with van der Waals surface area (Å²) in [7, 11) is 0. The Hall–Kier alpha value is -1.65. The van der Waals surface area contributed by atoms with Crippen molar-refractivity contribution in [3.05, 3.63) is 75.2 Å². The number of halogens is 2. The van der Waals surface area contributed by atoms with Crippen LogP contribution in [0.5, 0.6) is 0 Å². The Kier molecular flexibility index (Phi) is 4.08. The molecule has 0 saturated carbocycles. The molecule has 0 heterocycles. The standard InChI is InChI=1S/C17H11Br2NO/c18-14-8-4-3-7-13(14)17(21)20-16-10-9-15(19)11-5-1-2-6-12(11)16/h1-10H,(H,20,21). The van der Waals surface area contributed by atoms with E-state index in [-0.39, 0.29) is 5.91 Å². The van der Waals surface area contributed by atoms with Gasteiger partial charge >= 0.3 is 0 Å². The summed E-state index contributed by atoms with van der Waals surface area (Å²) in [5, 5.41) is 5.06. The second-order valence-electron chi connectivity index (χ2n) is 4.57. The maximum absolute atomic E-state index is 12.4. The van der Waals surface area contributed by atoms with Gasteiger partial charge in [0.15, 0.2) is 0 Å². The van der Waals surface area contributed by atoms with E-state index in [2.05, 4.69) is 37.2 Å². The molecule has 0 saturated heterocycles. The van der Waals surface area contributed by atoms with E-state index in [1.165, 1.54) is 0 Å². The van der Waals surface area contributed by atoms with E-state index in [1.54, 1.807) is 6.07 Å². The lowest BCUT2D eigenvalue weighted by atomic mass is 10.1. The quantitative estimate of drug-likeness (QED) is 0.590. The van der Waals surface area contributed by atoms with Crippen LogP contribution in [-0.2, 0) is 0 Å². The molecular weight excluding hydrogens is 394 g/mol. The van der Waals surface area contributed by atoms with Crippen molar-refractivity contribution in [2.75, 3.05) is 5.32 Å². The summed E-state index contributed by atoms with van der Waals surface area (Å²) in [4.78, 5) is 12.4. The Morgan fingerprint density at radius 2 is 1.43 bits per heavy atom. The van der Waals surface area contributed by atoms with E-state index < -0.39 is 0 Å². The molecule has 0 radical (unpaired) electrons. The van der Waals surface area contributed by atoms with Crippen molar-refractivity contribution < 1.29 is 4.79 Å². The van der Waals surface area contributed by atoms with E-state index in [1.807, 2.05) is 54.6 Å². The van der Waals surface area contributed by atoms with Gasteiger partial charge in [0.25, 0.3) is 5.91 Å². The topological polar surface area (TPSA) is 29.1 Å². The van der Waals surface area contributed by atoms with Gasteiger partial charge in [0, 0.05) is 20.0 Å². The number of benzene rings is 3. The zero-order valence-electron chi connectivity index (χ0n) is 10.9. The number of anilines is 1. The number of carbonyl (C=O) groups excluding carboxylic acids is 1. The Morgan fingerprint density at radius 1 is 0.762 bits per heavy atom. The van der Waals surface area contributed by atoms with Gasteiger partial charge in [-0.2, -0.15) is 0 Å². The summed E-state index contributed by atoms with van der Waals surface area (Å²) >= 11 is 6.94. The molecule has 1 N–H and O–H groups in total. The average Bonchev–Trinajstić information content (AvgIpc) is 2.51. The van der Waals surface area contributed by atoms with Gasteiger partial charge in [0.1, 0.15) is 0 Å². The van der Waals surface area contributed by atoms with Gasteiger partial charge in [-0.3, -0.25) is 4.79 Å². The Balaban J connectivity index is 2.01. The number of hydrogen-bond donors (Lipinski definition) is 1. The molecule has 1 amide bonds. The van der Waals surface area contributed by atoms with E-state index in [4.69, 9.17) is 0 Å². The Morgan fingerprint density at radius 3 is 2.19 bits per heavy atom. The number of amides is 1.